The number of ketones is 1. The maximum atomic E-state index is 11.9. The Labute approximate surface area is 145 Å². The minimum absolute atomic E-state index is 0.292. The summed E-state index contributed by atoms with van der Waals surface area (Å²) < 4.78 is 6.01. The van der Waals surface area contributed by atoms with Crippen LogP contribution < -0.4 is 5.73 Å². The summed E-state index contributed by atoms with van der Waals surface area (Å²) in [5.74, 6) is -0.439. The molecule has 25 heavy (non-hydrogen) atoms. The van der Waals surface area contributed by atoms with Gasteiger partial charge >= 0.3 is 144 Å². The van der Waals surface area contributed by atoms with E-state index in [-0.39, 0.29) is 6.54 Å². The van der Waals surface area contributed by atoms with E-state index in [0.29, 0.717) is 25.9 Å². The van der Waals surface area contributed by atoms with E-state index in [9.17, 15) is 29.5 Å². The van der Waals surface area contributed by atoms with E-state index >= 15 is 0 Å². The van der Waals surface area contributed by atoms with Gasteiger partial charge < -0.3 is 0 Å². The van der Waals surface area contributed by atoms with Gasteiger partial charge in [0.05, 0.1) is 0 Å². The average Bonchev–Trinajstić information content (AvgIpc) is 2.96. The molecule has 1 aromatic rings. The zero-order valence-corrected chi connectivity index (χ0v) is 15.4. The quantitative estimate of drug-likeness (QED) is 0.174. The molecule has 0 amide bonds. The van der Waals surface area contributed by atoms with Crippen molar-refractivity contribution in [2.45, 2.75) is 36.5 Å². The molecule has 1 heterocycles. The molecule has 0 spiro atoms. The van der Waals surface area contributed by atoms with Gasteiger partial charge in [0.25, 0.3) is 0 Å². The van der Waals surface area contributed by atoms with Gasteiger partial charge in [-0.3, -0.25) is 0 Å². The number of nitrogens with two attached hydrogens (primary N) is 1. The van der Waals surface area contributed by atoms with Crippen molar-refractivity contribution in [1.82, 2.24) is 9.55 Å². The van der Waals surface area contributed by atoms with Crippen LogP contribution in [0.1, 0.15) is 19.3 Å². The SMILES string of the molecule is CP(O)(O)(O)C(O)(Cn1ccnc1)[P@@](O)OOC1(C(=O)CN)CCC1. The van der Waals surface area contributed by atoms with Crippen molar-refractivity contribution >= 4 is 21.4 Å². The molecule has 1 aromatic heterocycles. The fourth-order valence-electron chi connectivity index (χ4n) is 2.31. The molecule has 1 unspecified atom stereocenters. The van der Waals surface area contributed by atoms with E-state index in [1.54, 1.807) is 0 Å². The van der Waals surface area contributed by atoms with Gasteiger partial charge in [-0.1, -0.05) is 0 Å². The van der Waals surface area contributed by atoms with Crippen LogP contribution in [0.2, 0.25) is 0 Å². The number of aromatic nitrogens is 2. The van der Waals surface area contributed by atoms with E-state index in [0.717, 1.165) is 0 Å². The summed E-state index contributed by atoms with van der Waals surface area (Å²) in [7, 11) is -8.90. The molecule has 0 bridgehead atoms. The van der Waals surface area contributed by atoms with Crippen LogP contribution in [0, 0.1) is 0 Å². The summed E-state index contributed by atoms with van der Waals surface area (Å²) in [6.07, 6.45) is 5.30. The molecule has 0 aliphatic heterocycles. The summed E-state index contributed by atoms with van der Waals surface area (Å²) in [6.45, 7) is -0.310. The predicted octanol–water partition coefficient (Wildman–Crippen LogP) is -0.863. The van der Waals surface area contributed by atoms with Crippen LogP contribution in [-0.4, -0.2) is 63.9 Å². The van der Waals surface area contributed by atoms with Gasteiger partial charge in [-0.2, -0.15) is 0 Å². The van der Waals surface area contributed by atoms with Crippen LogP contribution >= 0.6 is 15.7 Å². The molecule has 1 fully saturated rings. The first-order chi connectivity index (χ1) is 11.4. The number of aliphatic hydroxyl groups is 1. The van der Waals surface area contributed by atoms with Crippen molar-refractivity contribution < 1.29 is 39.0 Å². The van der Waals surface area contributed by atoms with E-state index < -0.39 is 38.7 Å². The van der Waals surface area contributed by atoms with E-state index in [1.807, 2.05) is 0 Å². The van der Waals surface area contributed by atoms with E-state index in [4.69, 9.17) is 15.3 Å². The molecule has 2 rings (SSSR count). The average molecular weight is 399 g/mol. The number of hydrogen-bond donors (Lipinski definition) is 6. The molecule has 0 saturated heterocycles. The summed E-state index contributed by atoms with van der Waals surface area (Å²) in [5, 5.41) is 7.79. The Balaban J connectivity index is 2.18. The number of carbonyl (C=O) groups excluding carboxylic acids is 1. The molecular formula is C12H23N3O8P2. The van der Waals surface area contributed by atoms with Crippen molar-refractivity contribution in [2.75, 3.05) is 13.2 Å². The molecule has 7 N–H and O–H groups in total. The Hall–Kier alpha value is -0.580. The summed E-state index contributed by atoms with van der Waals surface area (Å²) in [5.41, 5.74) is 3.99. The van der Waals surface area contributed by atoms with Crippen molar-refractivity contribution in [1.29, 1.82) is 0 Å². The van der Waals surface area contributed by atoms with Gasteiger partial charge in [0, 0.05) is 0 Å². The second-order valence-electron chi connectivity index (χ2n) is 6.31. The monoisotopic (exact) mass is 399 g/mol. The summed E-state index contributed by atoms with van der Waals surface area (Å²) in [4.78, 5) is 60.9. The summed E-state index contributed by atoms with van der Waals surface area (Å²) in [6, 6.07) is 0. The van der Waals surface area contributed by atoms with Gasteiger partial charge in [0.15, 0.2) is 0 Å². The van der Waals surface area contributed by atoms with Crippen molar-refractivity contribution in [2.24, 2.45) is 5.73 Å². The molecule has 1 aliphatic carbocycles. The van der Waals surface area contributed by atoms with Crippen LogP contribution in [0.25, 0.3) is 0 Å². The molecule has 0 radical (unpaired) electrons. The third-order valence-electron chi connectivity index (χ3n) is 4.22. The standard InChI is InChI=1S/C12H23N3O8P2/c1-25(19,20,21)12(17,8-15-6-5-14-9-15)24(18)23-22-11(3-2-4-11)10(16)7-13/h5-6,9,17-21H,2-4,7-8,13H2,1H3/t12?,24-/m0/s1. The second kappa shape index (κ2) is 6.86. The number of rotatable bonds is 9. The number of carbonyl (C=O) groups is 1. The number of nitrogens with zero attached hydrogens (tertiary/aromatic N) is 2. The van der Waals surface area contributed by atoms with Gasteiger partial charge in [0.1, 0.15) is 0 Å². The molecule has 0 aromatic carbocycles. The van der Waals surface area contributed by atoms with Gasteiger partial charge in [0.2, 0.25) is 0 Å². The second-order valence-corrected chi connectivity index (χ2v) is 11.6. The Morgan fingerprint density at radius 1 is 1.48 bits per heavy atom. The van der Waals surface area contributed by atoms with Crippen molar-refractivity contribution in [3.63, 3.8) is 0 Å². The van der Waals surface area contributed by atoms with Gasteiger partial charge in [-0.25, -0.2) is 0 Å². The third kappa shape index (κ3) is 4.06. The van der Waals surface area contributed by atoms with Crippen LogP contribution in [-0.2, 0) is 20.9 Å². The van der Waals surface area contributed by atoms with Crippen LogP contribution in [0.15, 0.2) is 18.7 Å². The molecular weight excluding hydrogens is 376 g/mol. The maximum absolute atomic E-state index is 11.9. The zero-order valence-electron chi connectivity index (χ0n) is 13.6. The normalized spacial score (nSPS) is 22.3. The molecule has 13 heteroatoms. The predicted molar refractivity (Wildman–Crippen MR) is 88.6 cm³/mol. The number of hydrogen-bond acceptors (Lipinski definition) is 10. The first kappa shape index (κ1) is 20.7. The Bertz CT molecular complexity index is 606. The third-order valence-corrected chi connectivity index (χ3v) is 8.93. The van der Waals surface area contributed by atoms with Crippen molar-refractivity contribution in [3.8, 4) is 0 Å². The fraction of sp³-hybridized carbons (Fsp3) is 0.667. The number of Topliss-reactive ketones (excluding diaryl/α,β-unsaturated/α-hetero) is 1. The van der Waals surface area contributed by atoms with Crippen LogP contribution in [0.5, 0.6) is 0 Å². The summed E-state index contributed by atoms with van der Waals surface area (Å²) >= 11 is 0. The Morgan fingerprint density at radius 2 is 2.12 bits per heavy atom. The van der Waals surface area contributed by atoms with Gasteiger partial charge in [-0.05, 0) is 0 Å². The van der Waals surface area contributed by atoms with E-state index in [1.165, 1.54) is 23.3 Å². The van der Waals surface area contributed by atoms with Crippen LogP contribution in [0.4, 0.5) is 0 Å². The first-order valence-corrected chi connectivity index (χ1v) is 11.2. The minimum atomic E-state index is -5.76. The van der Waals surface area contributed by atoms with E-state index in [2.05, 4.69) is 4.98 Å². The number of imidazole rings is 1. The molecule has 144 valence electrons. The zero-order chi connectivity index (χ0) is 19.0. The van der Waals surface area contributed by atoms with Gasteiger partial charge in [-0.15, -0.1) is 0 Å². The molecule has 1 aliphatic rings. The Kier molecular flexibility index (Phi) is 5.69. The molecule has 11 nitrogen and oxygen atoms in total. The topological polar surface area (TPSA) is 181 Å². The van der Waals surface area contributed by atoms with Crippen molar-refractivity contribution in [3.05, 3.63) is 18.7 Å². The van der Waals surface area contributed by atoms with Crippen LogP contribution in [0.3, 0.4) is 0 Å². The molecule has 1 saturated carbocycles. The first-order valence-electron chi connectivity index (χ1n) is 7.43. The molecule has 2 atom stereocenters. The Morgan fingerprint density at radius 3 is 2.52 bits per heavy atom. The fourth-order valence-corrected chi connectivity index (χ4v) is 5.12.